The highest BCUT2D eigenvalue weighted by molar-refractivity contribution is 6.49. The van der Waals surface area contributed by atoms with Gasteiger partial charge in [0.05, 0.1) is 6.04 Å². The van der Waals surface area contributed by atoms with Gasteiger partial charge in [-0.2, -0.15) is 0 Å². The van der Waals surface area contributed by atoms with Crippen LogP contribution in [0.2, 0.25) is 0 Å². The molecule has 0 spiro atoms. The summed E-state index contributed by atoms with van der Waals surface area (Å²) < 4.78 is -1.18. The molecule has 4 aliphatic rings. The zero-order valence-corrected chi connectivity index (χ0v) is 27.6. The van der Waals surface area contributed by atoms with Crippen LogP contribution in [0.5, 0.6) is 0 Å². The fourth-order valence-corrected chi connectivity index (χ4v) is 8.00. The molecule has 1 saturated heterocycles. The molecule has 12 nitrogen and oxygen atoms in total. The molecule has 1 heterocycles. The van der Waals surface area contributed by atoms with Crippen molar-refractivity contribution in [2.75, 3.05) is 6.54 Å². The fraction of sp³-hybridized carbons (Fsp3) is 0.625. The normalized spacial score (nSPS) is 25.2. The number of carboxylic acids is 1. The number of hydrogen-bond acceptors (Lipinski definition) is 6. The number of alkyl halides is 2. The summed E-state index contributed by atoms with van der Waals surface area (Å²) in [4.78, 5) is 79.6. The first-order chi connectivity index (χ1) is 21.5. The molecule has 0 aromatic heterocycles. The minimum Gasteiger partial charge on any atom is -0.480 e. The number of Topliss-reactive ketones (excluding diaryl/α,β-unsaturated/α-hetero) is 1. The van der Waals surface area contributed by atoms with Crippen molar-refractivity contribution >= 4 is 58.7 Å². The van der Waals surface area contributed by atoms with Gasteiger partial charge >= 0.3 is 12.0 Å². The van der Waals surface area contributed by atoms with Gasteiger partial charge in [-0.05, 0) is 60.0 Å². The van der Waals surface area contributed by atoms with Crippen molar-refractivity contribution in [3.63, 3.8) is 0 Å². The van der Waals surface area contributed by atoms with Crippen molar-refractivity contribution in [2.24, 2.45) is 34.8 Å². The number of amides is 5. The average Bonchev–Trinajstić information content (AvgIpc) is 3.57. The lowest BCUT2D eigenvalue weighted by Crippen LogP contribution is -2.61. The number of nitrogens with two attached hydrogens (primary N) is 1. The molecule has 3 aliphatic carbocycles. The van der Waals surface area contributed by atoms with Crippen LogP contribution in [0.4, 0.5) is 4.79 Å². The van der Waals surface area contributed by atoms with Crippen LogP contribution in [0.1, 0.15) is 57.6 Å². The molecule has 2 saturated carbocycles. The minimum atomic E-state index is -1.25. The lowest BCUT2D eigenvalue weighted by molar-refractivity contribution is -0.143. The highest BCUT2D eigenvalue weighted by atomic mass is 35.5. The standard InChI is InChI=1S/C32H41Cl2N5O7/c1-31(2,3)25(29(44)45)38-30(46)37-22(18-11-16-6-4-5-7-17(16)12-18)28(43)39-14-20-19(13-32(20,33)34)23(39)27(42)36-21(10-15-8-9-15)24(40)26(35)41/h4-7,15,18-23,25H,8-14H2,1-3H3,(H2,35,41)(H,36,42)(H,44,45)(H2,37,38,46)/t19-,20-,21?,22-,23-,25?/m0/s1. The summed E-state index contributed by atoms with van der Waals surface area (Å²) in [6, 6.07) is 2.28. The van der Waals surface area contributed by atoms with Gasteiger partial charge in [0.15, 0.2) is 0 Å². The molecule has 6 atom stereocenters. The van der Waals surface area contributed by atoms with Gasteiger partial charge in [0.1, 0.15) is 22.5 Å². The number of benzene rings is 1. The van der Waals surface area contributed by atoms with Gasteiger partial charge in [-0.15, -0.1) is 23.2 Å². The van der Waals surface area contributed by atoms with Crippen LogP contribution in [0.25, 0.3) is 0 Å². The van der Waals surface area contributed by atoms with Gasteiger partial charge in [0.25, 0.3) is 5.91 Å². The quantitative estimate of drug-likeness (QED) is 0.175. The Balaban J connectivity index is 1.43. The number of carbonyl (C=O) groups is 6. The number of nitrogens with one attached hydrogen (secondary N) is 3. The maximum Gasteiger partial charge on any atom is 0.326 e. The van der Waals surface area contributed by atoms with Crippen molar-refractivity contribution < 1.29 is 33.9 Å². The molecule has 2 unspecified atom stereocenters. The predicted octanol–water partition coefficient (Wildman–Crippen LogP) is 1.93. The molecule has 1 aliphatic heterocycles. The van der Waals surface area contributed by atoms with Crippen molar-refractivity contribution in [2.45, 2.75) is 87.8 Å². The highest BCUT2D eigenvalue weighted by Crippen LogP contribution is 2.58. The Morgan fingerprint density at radius 1 is 1.02 bits per heavy atom. The van der Waals surface area contributed by atoms with Crippen LogP contribution in [-0.4, -0.2) is 80.6 Å². The summed E-state index contributed by atoms with van der Waals surface area (Å²) in [5.41, 5.74) is 6.50. The largest absolute Gasteiger partial charge is 0.480 e. The molecule has 250 valence electrons. The van der Waals surface area contributed by atoms with E-state index >= 15 is 0 Å². The van der Waals surface area contributed by atoms with E-state index in [4.69, 9.17) is 28.9 Å². The molecule has 3 fully saturated rings. The molecule has 46 heavy (non-hydrogen) atoms. The zero-order chi connectivity index (χ0) is 33.7. The summed E-state index contributed by atoms with van der Waals surface area (Å²) in [5.74, 6) is -5.53. The van der Waals surface area contributed by atoms with Crippen LogP contribution in [0.3, 0.4) is 0 Å². The van der Waals surface area contributed by atoms with E-state index in [2.05, 4.69) is 16.0 Å². The molecule has 1 aromatic rings. The number of aliphatic carboxylic acids is 1. The maximum atomic E-state index is 14.6. The monoisotopic (exact) mass is 677 g/mol. The predicted molar refractivity (Wildman–Crippen MR) is 169 cm³/mol. The van der Waals surface area contributed by atoms with E-state index in [-0.39, 0.29) is 25.3 Å². The lowest BCUT2D eigenvalue weighted by atomic mass is 9.71. The number of rotatable bonds is 11. The number of ketones is 1. The Morgan fingerprint density at radius 3 is 2.13 bits per heavy atom. The maximum absolute atomic E-state index is 14.6. The van der Waals surface area contributed by atoms with E-state index < -0.39 is 87.2 Å². The van der Waals surface area contributed by atoms with Gasteiger partial charge < -0.3 is 31.7 Å². The first-order valence-electron chi connectivity index (χ1n) is 15.7. The van der Waals surface area contributed by atoms with E-state index in [0.717, 1.165) is 24.0 Å². The Labute approximate surface area is 277 Å². The van der Waals surface area contributed by atoms with Gasteiger partial charge in [-0.3, -0.25) is 19.2 Å². The smallest absolute Gasteiger partial charge is 0.326 e. The number of likely N-dealkylation sites (tertiary alicyclic amines) is 1. The van der Waals surface area contributed by atoms with Crippen LogP contribution in [0, 0.1) is 29.1 Å². The van der Waals surface area contributed by atoms with Crippen molar-refractivity contribution in [1.82, 2.24) is 20.9 Å². The Hall–Kier alpha value is -3.38. The van der Waals surface area contributed by atoms with E-state index in [9.17, 15) is 33.9 Å². The molecule has 5 amide bonds. The second kappa shape index (κ2) is 12.7. The number of halogens is 2. The van der Waals surface area contributed by atoms with Crippen LogP contribution >= 0.6 is 23.2 Å². The van der Waals surface area contributed by atoms with Gasteiger partial charge in [0, 0.05) is 12.5 Å². The number of nitrogens with zero attached hydrogens (tertiary/aromatic N) is 1. The minimum absolute atomic E-state index is 0.0326. The topological polar surface area (TPSA) is 188 Å². The van der Waals surface area contributed by atoms with Crippen molar-refractivity contribution in [3.8, 4) is 0 Å². The molecular weight excluding hydrogens is 637 g/mol. The molecule has 14 heteroatoms. The molecular formula is C32H41Cl2N5O7. The second-order valence-electron chi connectivity index (χ2n) is 14.3. The summed E-state index contributed by atoms with van der Waals surface area (Å²) in [6.07, 6.45) is 3.17. The molecule has 6 N–H and O–H groups in total. The number of hydrogen-bond donors (Lipinski definition) is 5. The SMILES string of the molecule is CC(C)(C)C(NC(=O)N[C@H](C(=O)N1C[C@H]2[C@H](CC2(Cl)Cl)[C@H]1C(=O)NC(CC1CC1)C(=O)C(N)=O)C1Cc2ccccc2C1)C(=O)O. The number of carboxylic acid groups (broad SMARTS) is 1. The van der Waals surface area contributed by atoms with Crippen LogP contribution in [0.15, 0.2) is 24.3 Å². The highest BCUT2D eigenvalue weighted by Gasteiger charge is 2.64. The Bertz CT molecular complexity index is 1420. The summed E-state index contributed by atoms with van der Waals surface area (Å²) in [5, 5.41) is 17.7. The Kier molecular flexibility index (Phi) is 9.36. The third kappa shape index (κ3) is 6.97. The number of fused-ring (bicyclic) bond motifs is 2. The third-order valence-corrected chi connectivity index (χ3v) is 10.8. The fourth-order valence-electron chi connectivity index (χ4n) is 7.18. The van der Waals surface area contributed by atoms with Crippen LogP contribution in [-0.2, 0) is 36.8 Å². The van der Waals surface area contributed by atoms with Gasteiger partial charge in [-0.1, -0.05) is 57.9 Å². The first kappa shape index (κ1) is 34.0. The van der Waals surface area contributed by atoms with Gasteiger partial charge in [-0.25, -0.2) is 9.59 Å². The van der Waals surface area contributed by atoms with Crippen LogP contribution < -0.4 is 21.7 Å². The first-order valence-corrected chi connectivity index (χ1v) is 16.4. The third-order valence-electron chi connectivity index (χ3n) is 9.89. The Morgan fingerprint density at radius 2 is 1.63 bits per heavy atom. The number of primary amides is 1. The zero-order valence-electron chi connectivity index (χ0n) is 26.1. The lowest BCUT2D eigenvalue weighted by Gasteiger charge is -2.44. The summed E-state index contributed by atoms with van der Waals surface area (Å²) >= 11 is 13.1. The van der Waals surface area contributed by atoms with E-state index in [1.54, 1.807) is 20.8 Å². The number of carbonyl (C=O) groups excluding carboxylic acids is 5. The molecule has 5 rings (SSSR count). The van der Waals surface area contributed by atoms with Gasteiger partial charge in [0.2, 0.25) is 17.6 Å². The number of urea groups is 1. The van der Waals surface area contributed by atoms with Crippen molar-refractivity contribution in [1.29, 1.82) is 0 Å². The second-order valence-corrected chi connectivity index (χ2v) is 15.9. The molecule has 0 radical (unpaired) electrons. The molecule has 0 bridgehead atoms. The van der Waals surface area contributed by atoms with E-state index in [0.29, 0.717) is 12.8 Å². The van der Waals surface area contributed by atoms with E-state index in [1.165, 1.54) is 4.90 Å². The average molecular weight is 679 g/mol. The van der Waals surface area contributed by atoms with Crippen molar-refractivity contribution in [3.05, 3.63) is 35.4 Å². The van der Waals surface area contributed by atoms with E-state index in [1.807, 2.05) is 24.3 Å². The summed E-state index contributed by atoms with van der Waals surface area (Å²) in [6.45, 7) is 5.06. The molecule has 1 aromatic carbocycles. The summed E-state index contributed by atoms with van der Waals surface area (Å²) in [7, 11) is 0.